The van der Waals surface area contributed by atoms with E-state index in [1.165, 1.54) is 0 Å². The van der Waals surface area contributed by atoms with Gasteiger partial charge in [0.2, 0.25) is 0 Å². The molecule has 0 aliphatic heterocycles. The molecule has 0 spiro atoms. The van der Waals surface area contributed by atoms with Gasteiger partial charge in [0.15, 0.2) is 0 Å². The fourth-order valence-corrected chi connectivity index (χ4v) is 0. The Hall–Kier alpha value is 0.619. The monoisotopic (exact) mass is 310 g/mol. The molecule has 0 N–H and O–H groups in total. The smallest absolute Gasteiger partial charge is 0.547 e. The maximum Gasteiger partial charge on any atom is 2.00 e. The third-order valence-electron chi connectivity index (χ3n) is 0.356. The van der Waals surface area contributed by atoms with Crippen molar-refractivity contribution in [3.8, 4) is 0 Å². The zero-order valence-corrected chi connectivity index (χ0v) is 9.78. The van der Waals surface area contributed by atoms with E-state index in [0.717, 1.165) is 0 Å². The average Bonchev–Trinajstić information content (AvgIpc) is 1.88. The molecule has 13 heavy (non-hydrogen) atoms. The van der Waals surface area contributed by atoms with E-state index < -0.39 is 21.6 Å². The fourth-order valence-electron chi connectivity index (χ4n) is 0. The summed E-state index contributed by atoms with van der Waals surface area (Å²) in [7, 11) is 0. The fraction of sp³-hybridized carbons (Fsp3) is 0.500. The molecule has 0 aromatic carbocycles. The Morgan fingerprint density at radius 2 is 0.923 bits per heavy atom. The van der Waals surface area contributed by atoms with E-state index in [0.29, 0.717) is 0 Å². The first-order valence-corrected chi connectivity index (χ1v) is 4.01. The predicted octanol–water partition coefficient (Wildman–Crippen LogP) is -0.922. The van der Waals surface area contributed by atoms with E-state index in [1.54, 1.807) is 0 Å². The van der Waals surface area contributed by atoms with Crippen molar-refractivity contribution in [3.63, 3.8) is 0 Å². The van der Waals surface area contributed by atoms with Gasteiger partial charge in [-0.05, 0) is 0 Å². The number of carbonyl (C=O) groups excluding carboxylic acids is 2. The second kappa shape index (κ2) is 10.7. The van der Waals surface area contributed by atoms with E-state index in [2.05, 4.69) is 0 Å². The van der Waals surface area contributed by atoms with Gasteiger partial charge in [0.25, 0.3) is 0 Å². The molecule has 0 aromatic heterocycles. The number of aliphatic carboxylic acids is 2. The Balaban J connectivity index is -0.000000143. The van der Waals surface area contributed by atoms with Crippen molar-refractivity contribution in [1.82, 2.24) is 0 Å². The van der Waals surface area contributed by atoms with Crippen LogP contribution in [0.3, 0.4) is 0 Å². The molecule has 0 heterocycles. The molecule has 9 heteroatoms. The summed E-state index contributed by atoms with van der Waals surface area (Å²) in [6.07, 6.45) is 0. The van der Waals surface area contributed by atoms with Crippen LogP contribution in [0.1, 0.15) is 0 Å². The molecule has 0 atom stereocenters. The van der Waals surface area contributed by atoms with Crippen molar-refractivity contribution < 1.29 is 36.9 Å². The Bertz CT molecular complexity index is 144. The van der Waals surface area contributed by atoms with Gasteiger partial charge in [-0.25, -0.2) is 0 Å². The summed E-state index contributed by atoms with van der Waals surface area (Å²) in [5.74, 6) is -2.92. The van der Waals surface area contributed by atoms with Crippen molar-refractivity contribution in [2.24, 2.45) is 0 Å². The van der Waals surface area contributed by atoms with Gasteiger partial charge in [0, 0.05) is 0 Å². The summed E-state index contributed by atoms with van der Waals surface area (Å²) in [6.45, 7) is 0. The van der Waals surface area contributed by atoms with Crippen LogP contribution in [-0.4, -0.2) is 21.6 Å². The molecule has 0 amide bonds. The van der Waals surface area contributed by atoms with E-state index >= 15 is 0 Å². The number of carboxylic acid groups (broad SMARTS) is 2. The van der Waals surface area contributed by atoms with Crippen LogP contribution < -0.4 is 10.2 Å². The van der Waals surface area contributed by atoms with Gasteiger partial charge < -0.3 is 19.8 Å². The first-order valence-electron chi connectivity index (χ1n) is 2.27. The molecule has 0 bridgehead atoms. The summed E-state index contributed by atoms with van der Waals surface area (Å²) in [6, 6.07) is 0. The second-order valence-corrected chi connectivity index (χ2v) is 3.43. The van der Waals surface area contributed by atoms with Crippen LogP contribution in [0.2, 0.25) is 0 Å². The number of halogens is 4. The molecule has 0 aliphatic carbocycles. The minimum absolute atomic E-state index is 0. The van der Waals surface area contributed by atoms with E-state index in [9.17, 15) is 19.8 Å². The molecule has 0 aromatic rings. The predicted molar refractivity (Wildman–Crippen MR) is 41.0 cm³/mol. The third kappa shape index (κ3) is 19.2. The van der Waals surface area contributed by atoms with Crippen molar-refractivity contribution >= 4 is 58.3 Å². The van der Waals surface area contributed by atoms with Crippen LogP contribution >= 0.6 is 46.4 Å². The Morgan fingerprint density at radius 1 is 0.846 bits per heavy atom. The quantitative estimate of drug-likeness (QED) is 0.488. The van der Waals surface area contributed by atoms with Crippen LogP contribution in [0.5, 0.6) is 0 Å². The van der Waals surface area contributed by atoms with Crippen molar-refractivity contribution in [3.05, 3.63) is 0 Å². The van der Waals surface area contributed by atoms with Crippen LogP contribution in [0.4, 0.5) is 0 Å². The molecule has 0 saturated carbocycles. The summed E-state index contributed by atoms with van der Waals surface area (Å²) in [5, 5.41) is 18.6. The molecular formula is C4H2Cl4FeO4. The van der Waals surface area contributed by atoms with E-state index in [4.69, 9.17) is 46.4 Å². The maximum atomic E-state index is 9.32. The first-order chi connectivity index (χ1) is 5.29. The summed E-state index contributed by atoms with van der Waals surface area (Å²) in [4.78, 5) is 15.9. The molecular weight excluding hydrogens is 310 g/mol. The molecule has 78 valence electrons. The Labute approximate surface area is 105 Å². The van der Waals surface area contributed by atoms with Gasteiger partial charge in [0.1, 0.15) is 9.67 Å². The topological polar surface area (TPSA) is 80.3 Å². The number of hydrogen-bond donors (Lipinski definition) is 0. The number of carbonyl (C=O) groups is 2. The average molecular weight is 312 g/mol. The van der Waals surface area contributed by atoms with Crippen molar-refractivity contribution in [2.45, 2.75) is 9.67 Å². The minimum Gasteiger partial charge on any atom is -0.547 e. The van der Waals surface area contributed by atoms with Crippen LogP contribution in [-0.2, 0) is 26.7 Å². The van der Waals surface area contributed by atoms with Gasteiger partial charge >= 0.3 is 17.1 Å². The largest absolute Gasteiger partial charge is 2.00 e. The molecule has 0 rings (SSSR count). The van der Waals surface area contributed by atoms with E-state index in [1.807, 2.05) is 0 Å². The van der Waals surface area contributed by atoms with Crippen LogP contribution in [0.25, 0.3) is 0 Å². The third-order valence-corrected chi connectivity index (χ3v) is 1.07. The first kappa shape index (κ1) is 19.2. The van der Waals surface area contributed by atoms with Gasteiger partial charge in [-0.3, -0.25) is 0 Å². The molecule has 4 nitrogen and oxygen atoms in total. The van der Waals surface area contributed by atoms with Crippen LogP contribution in [0, 0.1) is 0 Å². The second-order valence-electron chi connectivity index (χ2n) is 1.24. The Morgan fingerprint density at radius 3 is 0.923 bits per heavy atom. The molecule has 0 aliphatic rings. The van der Waals surface area contributed by atoms with Crippen molar-refractivity contribution in [2.75, 3.05) is 0 Å². The van der Waals surface area contributed by atoms with Gasteiger partial charge in [-0.15, -0.1) is 0 Å². The number of rotatable bonds is 2. The minimum atomic E-state index is -1.46. The van der Waals surface area contributed by atoms with Crippen molar-refractivity contribution in [1.29, 1.82) is 0 Å². The summed E-state index contributed by atoms with van der Waals surface area (Å²) >= 11 is 18.9. The summed E-state index contributed by atoms with van der Waals surface area (Å²) in [5.41, 5.74) is 0. The SMILES string of the molecule is O=C([O-])C(Cl)Cl.O=C([O-])C(Cl)Cl.[Fe+2]. The molecule has 0 saturated heterocycles. The van der Waals surface area contributed by atoms with E-state index in [-0.39, 0.29) is 17.1 Å². The number of carboxylic acids is 2. The number of alkyl halides is 4. The maximum absolute atomic E-state index is 9.32. The van der Waals surface area contributed by atoms with Gasteiger partial charge in [-0.2, -0.15) is 0 Å². The molecule has 0 radical (unpaired) electrons. The summed E-state index contributed by atoms with van der Waals surface area (Å²) < 4.78 is 0. The molecule has 0 fully saturated rings. The zero-order chi connectivity index (χ0) is 10.3. The number of hydrogen-bond acceptors (Lipinski definition) is 4. The normalized spacial score (nSPS) is 8.46. The van der Waals surface area contributed by atoms with Crippen LogP contribution in [0.15, 0.2) is 0 Å². The standard InChI is InChI=1S/2C2H2Cl2O2.Fe/c2*3-1(4)2(5)6;/h2*1H,(H,5,6);/q;;+2/p-2. The zero-order valence-electron chi connectivity index (χ0n) is 5.65. The molecule has 0 unspecified atom stereocenters. The van der Waals surface area contributed by atoms with Gasteiger partial charge in [0.05, 0.1) is 11.9 Å². The van der Waals surface area contributed by atoms with Gasteiger partial charge in [-0.1, -0.05) is 46.4 Å². The Kier molecular flexibility index (Phi) is 15.8.